The molecule has 0 radical (unpaired) electrons. The van der Waals surface area contributed by atoms with Gasteiger partial charge in [-0.1, -0.05) is 36.8 Å². The third-order valence-corrected chi connectivity index (χ3v) is 8.35. The summed E-state index contributed by atoms with van der Waals surface area (Å²) in [5, 5.41) is 11.0. The van der Waals surface area contributed by atoms with E-state index in [0.29, 0.717) is 36.6 Å². The fourth-order valence-electron chi connectivity index (χ4n) is 7.00. The van der Waals surface area contributed by atoms with Crippen LogP contribution in [0.4, 0.5) is 0 Å². The molecule has 0 saturated heterocycles. The van der Waals surface area contributed by atoms with Crippen LogP contribution in [0.1, 0.15) is 68.9 Å². The fourth-order valence-corrected chi connectivity index (χ4v) is 7.00. The van der Waals surface area contributed by atoms with Gasteiger partial charge in [0.2, 0.25) is 0 Å². The van der Waals surface area contributed by atoms with E-state index in [9.17, 15) is 9.90 Å². The van der Waals surface area contributed by atoms with Gasteiger partial charge in [-0.3, -0.25) is 4.79 Å². The lowest BCUT2D eigenvalue weighted by molar-refractivity contribution is -0.114. The highest BCUT2D eigenvalue weighted by Gasteiger charge is 2.56. The molecule has 2 fully saturated rings. The zero-order valence-electron chi connectivity index (χ0n) is 17.6. The molecule has 3 nitrogen and oxygen atoms in total. The van der Waals surface area contributed by atoms with Crippen LogP contribution in [0.2, 0.25) is 0 Å². The zero-order valence-corrected chi connectivity index (χ0v) is 17.6. The Bertz CT molecular complexity index is 895. The minimum atomic E-state index is -0.200. The molecular weight excluding hydrogens is 360 g/mol. The van der Waals surface area contributed by atoms with Crippen molar-refractivity contribution < 1.29 is 14.6 Å². The molecule has 29 heavy (non-hydrogen) atoms. The van der Waals surface area contributed by atoms with Crippen molar-refractivity contribution in [3.8, 4) is 0 Å². The van der Waals surface area contributed by atoms with E-state index >= 15 is 0 Å². The summed E-state index contributed by atoms with van der Waals surface area (Å²) >= 11 is 0. The molecule has 1 aromatic carbocycles. The number of ketones is 1. The molecule has 1 aromatic rings. The van der Waals surface area contributed by atoms with E-state index in [1.54, 1.807) is 12.7 Å². The highest BCUT2D eigenvalue weighted by atomic mass is 16.5. The van der Waals surface area contributed by atoms with E-state index < -0.39 is 0 Å². The second-order valence-corrected chi connectivity index (χ2v) is 9.86. The van der Waals surface area contributed by atoms with Crippen LogP contribution in [-0.4, -0.2) is 24.1 Å². The summed E-state index contributed by atoms with van der Waals surface area (Å²) in [6.07, 6.45) is 8.49. The average Bonchev–Trinajstić information content (AvgIpc) is 3.02. The Hall–Kier alpha value is -1.71. The van der Waals surface area contributed by atoms with Crippen LogP contribution < -0.4 is 0 Å². The smallest absolute Gasteiger partial charge is 0.156 e. The number of carbonyl (C=O) groups is 1. The maximum atomic E-state index is 12.1. The first-order valence-corrected chi connectivity index (χ1v) is 11.2. The molecule has 0 spiro atoms. The first-order chi connectivity index (χ1) is 14.0. The van der Waals surface area contributed by atoms with Gasteiger partial charge in [0.1, 0.15) is 0 Å². The highest BCUT2D eigenvalue weighted by molar-refractivity contribution is 5.93. The number of rotatable bonds is 3. The Morgan fingerprint density at radius 2 is 2.03 bits per heavy atom. The maximum absolute atomic E-state index is 12.1. The average molecular weight is 393 g/mol. The minimum Gasteiger partial charge on any atom is -0.393 e. The van der Waals surface area contributed by atoms with Crippen molar-refractivity contribution in [2.24, 2.45) is 17.3 Å². The van der Waals surface area contributed by atoms with E-state index in [4.69, 9.17) is 4.74 Å². The molecule has 0 heterocycles. The van der Waals surface area contributed by atoms with Gasteiger partial charge in [0.15, 0.2) is 5.78 Å². The van der Waals surface area contributed by atoms with Crippen LogP contribution in [0.5, 0.6) is 0 Å². The molecule has 0 aromatic heterocycles. The van der Waals surface area contributed by atoms with Crippen LogP contribution in [0, 0.1) is 17.3 Å². The third-order valence-electron chi connectivity index (χ3n) is 8.35. The van der Waals surface area contributed by atoms with Gasteiger partial charge in [0.05, 0.1) is 12.7 Å². The SMILES string of the molecule is COCc1cccc(C2CC3(C)C(O)CCC3C3CCC4=CC(=O)CCC4=C23)c1. The van der Waals surface area contributed by atoms with Crippen molar-refractivity contribution in [3.05, 3.63) is 58.2 Å². The van der Waals surface area contributed by atoms with Gasteiger partial charge in [-0.2, -0.15) is 0 Å². The molecule has 1 N–H and O–H groups in total. The number of ether oxygens (including phenoxy) is 1. The molecule has 0 aliphatic heterocycles. The van der Waals surface area contributed by atoms with Crippen LogP contribution in [0.15, 0.2) is 47.1 Å². The van der Waals surface area contributed by atoms with Crippen molar-refractivity contribution in [2.75, 3.05) is 7.11 Å². The lowest BCUT2D eigenvalue weighted by Gasteiger charge is -2.52. The molecule has 4 aliphatic rings. The first kappa shape index (κ1) is 19.3. The van der Waals surface area contributed by atoms with Gasteiger partial charge in [0.25, 0.3) is 0 Å². The van der Waals surface area contributed by atoms with Crippen molar-refractivity contribution in [3.63, 3.8) is 0 Å². The number of methoxy groups -OCH3 is 1. The predicted molar refractivity (Wildman–Crippen MR) is 113 cm³/mol. The number of aliphatic hydroxyl groups is 1. The number of fused-ring (bicyclic) bond motifs is 4. The molecule has 5 atom stereocenters. The molecule has 3 heteroatoms. The maximum Gasteiger partial charge on any atom is 0.156 e. The normalized spacial score (nSPS) is 36.4. The van der Waals surface area contributed by atoms with Crippen LogP contribution in [0.25, 0.3) is 0 Å². The van der Waals surface area contributed by atoms with Crippen LogP contribution in [-0.2, 0) is 16.1 Å². The molecule has 5 rings (SSSR count). The summed E-state index contributed by atoms with van der Waals surface area (Å²) in [5.41, 5.74) is 6.92. The Kier molecular flexibility index (Phi) is 4.79. The van der Waals surface area contributed by atoms with Gasteiger partial charge in [0, 0.05) is 19.4 Å². The van der Waals surface area contributed by atoms with E-state index in [0.717, 1.165) is 38.5 Å². The highest BCUT2D eigenvalue weighted by Crippen LogP contribution is 2.63. The summed E-state index contributed by atoms with van der Waals surface area (Å²) in [6.45, 7) is 2.95. The lowest BCUT2D eigenvalue weighted by atomic mass is 9.53. The third kappa shape index (κ3) is 3.05. The summed E-state index contributed by atoms with van der Waals surface area (Å²) in [6, 6.07) is 8.83. The van der Waals surface area contributed by atoms with Crippen molar-refractivity contribution in [1.29, 1.82) is 0 Å². The summed E-state index contributed by atoms with van der Waals surface area (Å²) in [7, 11) is 1.74. The Labute approximate surface area is 173 Å². The van der Waals surface area contributed by atoms with Gasteiger partial charge >= 0.3 is 0 Å². The molecule has 0 amide bonds. The van der Waals surface area contributed by atoms with Gasteiger partial charge in [-0.15, -0.1) is 0 Å². The number of carbonyl (C=O) groups excluding carboxylic acids is 1. The quantitative estimate of drug-likeness (QED) is 0.779. The summed E-state index contributed by atoms with van der Waals surface area (Å²) < 4.78 is 5.38. The van der Waals surface area contributed by atoms with E-state index in [1.807, 2.05) is 6.08 Å². The fraction of sp³-hybridized carbons (Fsp3) is 0.577. The van der Waals surface area contributed by atoms with Crippen molar-refractivity contribution in [1.82, 2.24) is 0 Å². The molecule has 5 unspecified atom stereocenters. The largest absolute Gasteiger partial charge is 0.393 e. The molecular formula is C26H32O3. The predicted octanol–water partition coefficient (Wildman–Crippen LogP) is 5.09. The van der Waals surface area contributed by atoms with E-state index in [-0.39, 0.29) is 11.5 Å². The molecule has 2 saturated carbocycles. The first-order valence-electron chi connectivity index (χ1n) is 11.2. The van der Waals surface area contributed by atoms with Gasteiger partial charge in [-0.25, -0.2) is 0 Å². The number of aliphatic hydroxyl groups excluding tert-OH is 1. The Balaban J connectivity index is 1.66. The van der Waals surface area contributed by atoms with E-state index in [1.165, 1.54) is 22.3 Å². The molecule has 4 aliphatic carbocycles. The van der Waals surface area contributed by atoms with Crippen molar-refractivity contribution in [2.45, 2.75) is 70.5 Å². The number of benzene rings is 1. The number of hydrogen-bond donors (Lipinski definition) is 1. The standard InChI is InChI=1S/C26H32O3/c1-26-14-22(17-5-3-4-16(12-17)15-29-2)25-20-9-7-19(27)13-18(20)6-8-21(25)23(26)10-11-24(26)28/h3-5,12-13,21-24,28H,6-11,14-15H2,1-2H3. The van der Waals surface area contributed by atoms with Gasteiger partial charge in [-0.05, 0) is 84.1 Å². The van der Waals surface area contributed by atoms with Crippen molar-refractivity contribution >= 4 is 5.78 Å². The second-order valence-electron chi connectivity index (χ2n) is 9.86. The lowest BCUT2D eigenvalue weighted by Crippen LogP contribution is -2.45. The van der Waals surface area contributed by atoms with Crippen LogP contribution in [0.3, 0.4) is 0 Å². The minimum absolute atomic E-state index is 0.0115. The Morgan fingerprint density at radius 1 is 1.17 bits per heavy atom. The summed E-state index contributed by atoms with van der Waals surface area (Å²) in [4.78, 5) is 12.1. The monoisotopic (exact) mass is 392 g/mol. The number of hydrogen-bond acceptors (Lipinski definition) is 3. The van der Waals surface area contributed by atoms with E-state index in [2.05, 4.69) is 31.2 Å². The number of allylic oxidation sites excluding steroid dienone is 4. The van der Waals surface area contributed by atoms with Crippen LogP contribution >= 0.6 is 0 Å². The second kappa shape index (κ2) is 7.21. The zero-order chi connectivity index (χ0) is 20.2. The van der Waals surface area contributed by atoms with Gasteiger partial charge < -0.3 is 9.84 Å². The topological polar surface area (TPSA) is 46.5 Å². The summed E-state index contributed by atoms with van der Waals surface area (Å²) in [5.74, 6) is 1.73. The Morgan fingerprint density at radius 3 is 2.86 bits per heavy atom. The molecule has 0 bridgehead atoms. The molecule has 154 valence electrons.